The Bertz CT molecular complexity index is 1260. The van der Waals surface area contributed by atoms with E-state index in [1.54, 1.807) is 12.1 Å². The van der Waals surface area contributed by atoms with E-state index in [-0.39, 0.29) is 23.3 Å². The van der Waals surface area contributed by atoms with Crippen LogP contribution in [0.1, 0.15) is 34.6 Å². The third-order valence-electron chi connectivity index (χ3n) is 6.17. The van der Waals surface area contributed by atoms with Gasteiger partial charge in [-0.25, -0.2) is 4.79 Å². The molecule has 1 amide bonds. The molecule has 0 spiro atoms. The van der Waals surface area contributed by atoms with Crippen molar-refractivity contribution in [2.45, 2.75) is 13.0 Å². The summed E-state index contributed by atoms with van der Waals surface area (Å²) in [7, 11) is 0. The molecule has 9 nitrogen and oxygen atoms in total. The van der Waals surface area contributed by atoms with Gasteiger partial charge in [0, 0.05) is 43.7 Å². The van der Waals surface area contributed by atoms with E-state index in [0.29, 0.717) is 48.7 Å². The highest BCUT2D eigenvalue weighted by molar-refractivity contribution is 6.15. The smallest absolute Gasteiger partial charge is 0.407 e. The van der Waals surface area contributed by atoms with Crippen molar-refractivity contribution in [2.24, 2.45) is 0 Å². The summed E-state index contributed by atoms with van der Waals surface area (Å²) in [4.78, 5) is 27.7. The zero-order valence-corrected chi connectivity index (χ0v) is 17.4. The van der Waals surface area contributed by atoms with Crippen molar-refractivity contribution < 1.29 is 24.5 Å². The first-order valence-corrected chi connectivity index (χ1v) is 10.4. The second kappa shape index (κ2) is 7.69. The molecule has 0 aliphatic carbocycles. The van der Waals surface area contributed by atoms with Gasteiger partial charge in [-0.15, -0.1) is 0 Å². The molecule has 3 N–H and O–H groups in total. The number of carbonyl (C=O) groups is 2. The number of phenolic OH excluding ortho intramolecular Hbond substituents is 1. The topological polar surface area (TPSA) is 119 Å². The van der Waals surface area contributed by atoms with Crippen molar-refractivity contribution in [1.29, 1.82) is 0 Å². The number of hydrogen-bond acceptors (Lipinski definition) is 6. The summed E-state index contributed by atoms with van der Waals surface area (Å²) in [5.41, 5.74) is 2.37. The van der Waals surface area contributed by atoms with Crippen LogP contribution >= 0.6 is 0 Å². The van der Waals surface area contributed by atoms with E-state index in [1.165, 1.54) is 11.0 Å². The number of allylic oxidation sites excluding steroid dienone is 1. The van der Waals surface area contributed by atoms with Crippen LogP contribution in [0.3, 0.4) is 0 Å². The summed E-state index contributed by atoms with van der Waals surface area (Å²) < 4.78 is 5.99. The molecule has 0 radical (unpaired) electrons. The van der Waals surface area contributed by atoms with Gasteiger partial charge in [-0.1, -0.05) is 18.2 Å². The van der Waals surface area contributed by atoms with Crippen LogP contribution in [0.4, 0.5) is 4.79 Å². The lowest BCUT2D eigenvalue weighted by Crippen LogP contribution is -2.48. The van der Waals surface area contributed by atoms with Crippen molar-refractivity contribution in [3.8, 4) is 11.5 Å². The molecule has 1 saturated heterocycles. The van der Waals surface area contributed by atoms with Crippen LogP contribution in [0.5, 0.6) is 11.5 Å². The van der Waals surface area contributed by atoms with Crippen molar-refractivity contribution in [3.05, 3.63) is 59.0 Å². The minimum absolute atomic E-state index is 0.0381. The maximum absolute atomic E-state index is 13.0. The highest BCUT2D eigenvalue weighted by Gasteiger charge is 2.35. The number of para-hydroxylation sites is 1. The predicted octanol–water partition coefficient (Wildman–Crippen LogP) is 3.24. The fraction of sp³-hybridized carbons (Fsp3) is 0.261. The lowest BCUT2D eigenvalue weighted by atomic mass is 9.99. The Morgan fingerprint density at radius 2 is 1.94 bits per heavy atom. The number of H-pyrrole nitrogens is 1. The number of rotatable bonds is 3. The number of benzene rings is 2. The fourth-order valence-corrected chi connectivity index (χ4v) is 4.37. The molecular weight excluding hydrogens is 412 g/mol. The molecule has 2 aliphatic heterocycles. The summed E-state index contributed by atoms with van der Waals surface area (Å²) in [6.45, 7) is 3.72. The molecule has 1 atom stereocenters. The van der Waals surface area contributed by atoms with E-state index < -0.39 is 6.09 Å². The van der Waals surface area contributed by atoms with Crippen molar-refractivity contribution in [2.75, 3.05) is 26.2 Å². The molecular formula is C23H22N4O5. The maximum atomic E-state index is 13.0. The van der Waals surface area contributed by atoms with E-state index in [4.69, 9.17) is 4.74 Å². The Kier molecular flexibility index (Phi) is 4.82. The molecule has 1 fully saturated rings. The van der Waals surface area contributed by atoms with Crippen molar-refractivity contribution in [3.63, 3.8) is 0 Å². The number of ether oxygens (including phenoxy) is 1. The van der Waals surface area contributed by atoms with Crippen LogP contribution in [0.15, 0.2) is 42.2 Å². The van der Waals surface area contributed by atoms with E-state index >= 15 is 0 Å². The number of carboxylic acid groups (broad SMARTS) is 1. The molecule has 0 bridgehead atoms. The van der Waals surface area contributed by atoms with Crippen LogP contribution in [0, 0.1) is 0 Å². The number of aromatic nitrogens is 2. The average molecular weight is 434 g/mol. The molecule has 2 aromatic carbocycles. The van der Waals surface area contributed by atoms with Gasteiger partial charge < -0.3 is 19.8 Å². The second-order valence-corrected chi connectivity index (χ2v) is 7.95. The zero-order valence-electron chi connectivity index (χ0n) is 17.4. The van der Waals surface area contributed by atoms with Gasteiger partial charge in [0.15, 0.2) is 5.76 Å². The number of amides is 1. The minimum atomic E-state index is -0.935. The summed E-state index contributed by atoms with van der Waals surface area (Å²) >= 11 is 0. The van der Waals surface area contributed by atoms with Crippen LogP contribution in [-0.4, -0.2) is 68.3 Å². The van der Waals surface area contributed by atoms with Gasteiger partial charge in [-0.3, -0.25) is 14.8 Å². The van der Waals surface area contributed by atoms with E-state index in [1.807, 2.05) is 31.2 Å². The van der Waals surface area contributed by atoms with E-state index in [0.717, 1.165) is 10.9 Å². The van der Waals surface area contributed by atoms with Gasteiger partial charge in [-0.05, 0) is 25.1 Å². The Labute approximate surface area is 183 Å². The van der Waals surface area contributed by atoms with Gasteiger partial charge in [0.2, 0.25) is 5.78 Å². The first-order chi connectivity index (χ1) is 15.4. The SMILES string of the molecule is CC(c1c(O)ccc2c1OC(=Cc1n[nH]c3ccccc13)C2=O)N1CCN(C(=O)O)CC1. The van der Waals surface area contributed by atoms with Gasteiger partial charge in [0.1, 0.15) is 11.5 Å². The molecule has 164 valence electrons. The highest BCUT2D eigenvalue weighted by atomic mass is 16.5. The zero-order chi connectivity index (χ0) is 22.4. The van der Waals surface area contributed by atoms with Gasteiger partial charge in [-0.2, -0.15) is 5.10 Å². The largest absolute Gasteiger partial charge is 0.507 e. The Balaban J connectivity index is 1.46. The number of hydrogen-bond donors (Lipinski definition) is 3. The molecule has 5 rings (SSSR count). The molecule has 1 aromatic heterocycles. The van der Waals surface area contributed by atoms with E-state index in [9.17, 15) is 19.8 Å². The number of piperazine rings is 1. The Morgan fingerprint density at radius 1 is 1.19 bits per heavy atom. The van der Waals surface area contributed by atoms with Crippen LogP contribution in [0.25, 0.3) is 17.0 Å². The summed E-state index contributed by atoms with van der Waals surface area (Å²) in [6.07, 6.45) is 0.675. The summed E-state index contributed by atoms with van der Waals surface area (Å²) in [5.74, 6) is 0.258. The monoisotopic (exact) mass is 434 g/mol. The molecule has 3 heterocycles. The van der Waals surface area contributed by atoms with Crippen molar-refractivity contribution >= 4 is 28.9 Å². The number of phenols is 1. The first kappa shape index (κ1) is 20.1. The quantitative estimate of drug-likeness (QED) is 0.542. The molecule has 3 aromatic rings. The number of Topliss-reactive ketones (excluding diaryl/α,β-unsaturated/α-hetero) is 1. The molecule has 9 heteroatoms. The van der Waals surface area contributed by atoms with Gasteiger partial charge >= 0.3 is 6.09 Å². The predicted molar refractivity (Wildman–Crippen MR) is 117 cm³/mol. The third-order valence-corrected chi connectivity index (χ3v) is 6.17. The maximum Gasteiger partial charge on any atom is 0.407 e. The average Bonchev–Trinajstić information content (AvgIpc) is 3.34. The lowest BCUT2D eigenvalue weighted by Gasteiger charge is -2.37. The number of nitrogens with one attached hydrogen (secondary N) is 1. The number of carbonyl (C=O) groups excluding carboxylic acids is 1. The van der Waals surface area contributed by atoms with Crippen LogP contribution in [-0.2, 0) is 0 Å². The van der Waals surface area contributed by atoms with Crippen LogP contribution < -0.4 is 4.74 Å². The molecule has 32 heavy (non-hydrogen) atoms. The summed E-state index contributed by atoms with van der Waals surface area (Å²) in [6, 6.07) is 10.4. The fourth-order valence-electron chi connectivity index (χ4n) is 4.37. The first-order valence-electron chi connectivity index (χ1n) is 10.4. The third kappa shape index (κ3) is 3.27. The lowest BCUT2D eigenvalue weighted by molar-refractivity contribution is 0.0877. The van der Waals surface area contributed by atoms with Gasteiger partial charge in [0.05, 0.1) is 22.3 Å². The standard InChI is InChI=1S/C23H22N4O5/c1-13(26-8-10-27(11-9-26)23(30)31)20-18(28)7-6-15-21(29)19(32-22(15)20)12-17-14-4-2-3-5-16(14)24-25-17/h2-7,12-13,28H,8-11H2,1H3,(H,24,25)(H,30,31). The van der Waals surface area contributed by atoms with Gasteiger partial charge in [0.25, 0.3) is 0 Å². The number of fused-ring (bicyclic) bond motifs is 2. The number of ketones is 1. The normalized spacial score (nSPS) is 18.7. The molecule has 2 aliphatic rings. The number of nitrogens with zero attached hydrogens (tertiary/aromatic N) is 3. The minimum Gasteiger partial charge on any atom is -0.507 e. The van der Waals surface area contributed by atoms with Crippen LogP contribution in [0.2, 0.25) is 0 Å². The Morgan fingerprint density at radius 3 is 2.69 bits per heavy atom. The van der Waals surface area contributed by atoms with Crippen molar-refractivity contribution in [1.82, 2.24) is 20.0 Å². The summed E-state index contributed by atoms with van der Waals surface area (Å²) in [5, 5.41) is 27.9. The Hall–Kier alpha value is -3.85. The highest BCUT2D eigenvalue weighted by Crippen LogP contribution is 2.44. The number of aromatic amines is 1. The molecule has 1 unspecified atom stereocenters. The number of aromatic hydroxyl groups is 1. The second-order valence-electron chi connectivity index (χ2n) is 7.95. The molecule has 0 saturated carbocycles. The van der Waals surface area contributed by atoms with E-state index in [2.05, 4.69) is 15.1 Å².